The van der Waals surface area contributed by atoms with E-state index in [-0.39, 0.29) is 5.91 Å². The van der Waals surface area contributed by atoms with Gasteiger partial charge in [-0.05, 0) is 19.1 Å². The van der Waals surface area contributed by atoms with Gasteiger partial charge in [-0.2, -0.15) is 0 Å². The van der Waals surface area contributed by atoms with Gasteiger partial charge in [0.15, 0.2) is 0 Å². The Morgan fingerprint density at radius 1 is 1.50 bits per heavy atom. The van der Waals surface area contributed by atoms with Crippen LogP contribution in [0.5, 0.6) is 0 Å². The van der Waals surface area contributed by atoms with Crippen LogP contribution < -0.4 is 5.32 Å². The van der Waals surface area contributed by atoms with E-state index in [9.17, 15) is 4.79 Å². The minimum absolute atomic E-state index is 0.112. The van der Waals surface area contributed by atoms with Crippen LogP contribution in [0.4, 0.5) is 0 Å². The zero-order chi connectivity index (χ0) is 10.6. The van der Waals surface area contributed by atoms with E-state index in [0.717, 1.165) is 5.57 Å². The van der Waals surface area contributed by atoms with Crippen molar-refractivity contribution < 1.29 is 4.79 Å². The maximum absolute atomic E-state index is 11.6. The molecule has 1 amide bonds. The van der Waals surface area contributed by atoms with Crippen molar-refractivity contribution in [2.75, 3.05) is 6.54 Å². The van der Waals surface area contributed by atoms with Crippen LogP contribution in [0.25, 0.3) is 0 Å². The molecule has 0 radical (unpaired) electrons. The molecule has 1 aromatic rings. The highest BCUT2D eigenvalue weighted by molar-refractivity contribution is 7.80. The molecule has 0 heterocycles. The van der Waals surface area contributed by atoms with Crippen molar-refractivity contribution in [3.05, 3.63) is 42.0 Å². The molecule has 0 atom stereocenters. The number of amides is 1. The first-order valence-electron chi connectivity index (χ1n) is 4.32. The lowest BCUT2D eigenvalue weighted by molar-refractivity contribution is 0.0954. The first kappa shape index (κ1) is 10.9. The molecular formula is C11H13NOS. The summed E-state index contributed by atoms with van der Waals surface area (Å²) in [6.45, 7) is 6.08. The van der Waals surface area contributed by atoms with Crippen molar-refractivity contribution in [1.82, 2.24) is 5.32 Å². The van der Waals surface area contributed by atoms with Crippen LogP contribution in [0.15, 0.2) is 41.3 Å². The molecule has 0 fully saturated rings. The average molecular weight is 207 g/mol. The molecule has 2 nitrogen and oxygen atoms in total. The number of thiol groups is 1. The lowest BCUT2D eigenvalue weighted by Crippen LogP contribution is -2.25. The van der Waals surface area contributed by atoms with Crippen LogP contribution in [-0.2, 0) is 0 Å². The summed E-state index contributed by atoms with van der Waals surface area (Å²) in [6.07, 6.45) is 0. The van der Waals surface area contributed by atoms with Crippen LogP contribution in [0.3, 0.4) is 0 Å². The first-order chi connectivity index (χ1) is 6.61. The molecule has 0 saturated heterocycles. The predicted molar refractivity (Wildman–Crippen MR) is 60.8 cm³/mol. The van der Waals surface area contributed by atoms with Crippen LogP contribution in [0.2, 0.25) is 0 Å². The number of carbonyl (C=O) groups is 1. The topological polar surface area (TPSA) is 29.1 Å². The van der Waals surface area contributed by atoms with Crippen LogP contribution in [-0.4, -0.2) is 12.5 Å². The zero-order valence-electron chi connectivity index (χ0n) is 8.08. The quantitative estimate of drug-likeness (QED) is 0.578. The maximum Gasteiger partial charge on any atom is 0.252 e. The van der Waals surface area contributed by atoms with Crippen molar-refractivity contribution in [3.8, 4) is 0 Å². The van der Waals surface area contributed by atoms with E-state index in [1.165, 1.54) is 0 Å². The van der Waals surface area contributed by atoms with E-state index in [0.29, 0.717) is 17.0 Å². The van der Waals surface area contributed by atoms with Crippen molar-refractivity contribution in [3.63, 3.8) is 0 Å². The van der Waals surface area contributed by atoms with E-state index in [1.54, 1.807) is 12.1 Å². The highest BCUT2D eigenvalue weighted by Crippen LogP contribution is 2.12. The molecule has 1 aromatic carbocycles. The third-order valence-electron chi connectivity index (χ3n) is 1.70. The molecule has 3 heteroatoms. The highest BCUT2D eigenvalue weighted by atomic mass is 32.1. The van der Waals surface area contributed by atoms with Crippen LogP contribution >= 0.6 is 12.6 Å². The second kappa shape index (κ2) is 4.86. The van der Waals surface area contributed by atoms with Gasteiger partial charge >= 0.3 is 0 Å². The summed E-state index contributed by atoms with van der Waals surface area (Å²) in [4.78, 5) is 12.3. The third kappa shape index (κ3) is 2.92. The Morgan fingerprint density at radius 2 is 2.14 bits per heavy atom. The Hall–Kier alpha value is -1.22. The molecule has 1 N–H and O–H groups in total. The van der Waals surface area contributed by atoms with E-state index in [1.807, 2.05) is 19.1 Å². The Kier molecular flexibility index (Phi) is 3.77. The van der Waals surface area contributed by atoms with E-state index < -0.39 is 0 Å². The molecule has 0 spiro atoms. The van der Waals surface area contributed by atoms with Gasteiger partial charge in [0.25, 0.3) is 5.91 Å². The Morgan fingerprint density at radius 3 is 2.71 bits per heavy atom. The number of benzene rings is 1. The Labute approximate surface area is 89.4 Å². The fraction of sp³-hybridized carbons (Fsp3) is 0.182. The van der Waals surface area contributed by atoms with Gasteiger partial charge in [-0.15, -0.1) is 12.6 Å². The molecule has 0 saturated carbocycles. The standard InChI is InChI=1S/C11H13NOS/c1-8(2)7-12-11(13)9-5-3-4-6-10(9)14/h3-6,14H,1,7H2,2H3,(H,12,13). The maximum atomic E-state index is 11.6. The average Bonchev–Trinajstić information content (AvgIpc) is 2.15. The molecular weight excluding hydrogens is 194 g/mol. The minimum atomic E-state index is -0.112. The van der Waals surface area contributed by atoms with Gasteiger partial charge in [0.2, 0.25) is 0 Å². The summed E-state index contributed by atoms with van der Waals surface area (Å²) in [5.41, 5.74) is 1.52. The summed E-state index contributed by atoms with van der Waals surface area (Å²) in [7, 11) is 0. The van der Waals surface area contributed by atoms with Crippen LogP contribution in [0.1, 0.15) is 17.3 Å². The normalized spacial score (nSPS) is 9.57. The van der Waals surface area contributed by atoms with E-state index >= 15 is 0 Å². The van der Waals surface area contributed by atoms with Gasteiger partial charge in [-0.25, -0.2) is 0 Å². The van der Waals surface area contributed by atoms with Gasteiger partial charge in [0, 0.05) is 11.4 Å². The second-order valence-electron chi connectivity index (χ2n) is 3.16. The summed E-state index contributed by atoms with van der Waals surface area (Å²) in [6, 6.07) is 7.20. The number of rotatable bonds is 3. The molecule has 0 bridgehead atoms. The number of hydrogen-bond acceptors (Lipinski definition) is 2. The first-order valence-corrected chi connectivity index (χ1v) is 4.76. The van der Waals surface area contributed by atoms with Gasteiger partial charge in [-0.3, -0.25) is 4.79 Å². The van der Waals surface area contributed by atoms with Crippen molar-refractivity contribution in [2.24, 2.45) is 0 Å². The highest BCUT2D eigenvalue weighted by Gasteiger charge is 2.06. The van der Waals surface area contributed by atoms with Gasteiger partial charge in [0.05, 0.1) is 5.56 Å². The van der Waals surface area contributed by atoms with Gasteiger partial charge < -0.3 is 5.32 Å². The van der Waals surface area contributed by atoms with Crippen LogP contribution in [0, 0.1) is 0 Å². The number of carbonyl (C=O) groups excluding carboxylic acids is 1. The fourth-order valence-electron chi connectivity index (χ4n) is 0.992. The summed E-state index contributed by atoms with van der Waals surface area (Å²) < 4.78 is 0. The van der Waals surface area contributed by atoms with Crippen molar-refractivity contribution in [2.45, 2.75) is 11.8 Å². The van der Waals surface area contributed by atoms with Gasteiger partial charge in [0.1, 0.15) is 0 Å². The molecule has 0 aliphatic carbocycles. The Bertz CT molecular complexity index is 360. The van der Waals surface area contributed by atoms with Gasteiger partial charge in [-0.1, -0.05) is 24.3 Å². The molecule has 0 aromatic heterocycles. The summed E-state index contributed by atoms with van der Waals surface area (Å²) in [5.74, 6) is -0.112. The smallest absolute Gasteiger partial charge is 0.252 e. The van der Waals surface area contributed by atoms with E-state index in [2.05, 4.69) is 24.5 Å². The summed E-state index contributed by atoms with van der Waals surface area (Å²) >= 11 is 4.20. The predicted octanol–water partition coefficient (Wildman–Crippen LogP) is 2.28. The lowest BCUT2D eigenvalue weighted by atomic mass is 10.2. The molecule has 1 rings (SSSR count). The Balaban J connectivity index is 2.70. The second-order valence-corrected chi connectivity index (χ2v) is 3.64. The SMILES string of the molecule is C=C(C)CNC(=O)c1ccccc1S. The lowest BCUT2D eigenvalue weighted by Gasteiger charge is -2.06. The van der Waals surface area contributed by atoms with E-state index in [4.69, 9.17) is 0 Å². The minimum Gasteiger partial charge on any atom is -0.348 e. The molecule has 14 heavy (non-hydrogen) atoms. The fourth-order valence-corrected chi connectivity index (χ4v) is 1.25. The molecule has 74 valence electrons. The molecule has 0 aliphatic rings. The number of nitrogens with one attached hydrogen (secondary N) is 1. The monoisotopic (exact) mass is 207 g/mol. The zero-order valence-corrected chi connectivity index (χ0v) is 8.97. The largest absolute Gasteiger partial charge is 0.348 e. The van der Waals surface area contributed by atoms with Crippen molar-refractivity contribution in [1.29, 1.82) is 0 Å². The molecule has 0 unspecified atom stereocenters. The molecule has 0 aliphatic heterocycles. The number of hydrogen-bond donors (Lipinski definition) is 2. The summed E-state index contributed by atoms with van der Waals surface area (Å²) in [5, 5.41) is 2.75. The third-order valence-corrected chi connectivity index (χ3v) is 2.09. The van der Waals surface area contributed by atoms with Crippen molar-refractivity contribution >= 4 is 18.5 Å².